The van der Waals surface area contributed by atoms with Gasteiger partial charge in [-0.1, -0.05) is 24.3 Å². The molecule has 0 atom stereocenters. The van der Waals surface area contributed by atoms with E-state index in [0.29, 0.717) is 0 Å². The average molecular weight is 486 g/mol. The molecule has 8 nitrogen and oxygen atoms in total. The number of carbonyl (C=O) groups is 3. The zero-order chi connectivity index (χ0) is 25.5. The van der Waals surface area contributed by atoms with Crippen molar-refractivity contribution in [2.75, 3.05) is 13.7 Å². The highest BCUT2D eigenvalue weighted by Crippen LogP contribution is 2.28. The van der Waals surface area contributed by atoms with Gasteiger partial charge in [-0.2, -0.15) is 0 Å². The van der Waals surface area contributed by atoms with E-state index < -0.39 is 35.4 Å². The molecule has 0 saturated carbocycles. The van der Waals surface area contributed by atoms with Gasteiger partial charge in [0.05, 0.1) is 18.9 Å². The van der Waals surface area contributed by atoms with Gasteiger partial charge in [0.15, 0.2) is 0 Å². The number of nitrogens with zero attached hydrogens (tertiary/aromatic N) is 2. The number of amides is 3. The summed E-state index contributed by atoms with van der Waals surface area (Å²) in [5, 5.41) is 3.41. The maximum absolute atomic E-state index is 14.8. The van der Waals surface area contributed by atoms with Crippen molar-refractivity contribution >= 4 is 17.9 Å². The van der Waals surface area contributed by atoms with E-state index in [1.165, 1.54) is 24.3 Å². The summed E-state index contributed by atoms with van der Waals surface area (Å²) in [4.78, 5) is 40.3. The number of aromatic nitrogens is 1. The van der Waals surface area contributed by atoms with E-state index in [4.69, 9.17) is 0 Å². The lowest BCUT2D eigenvalue weighted by molar-refractivity contribution is 0.0596. The Hall–Kier alpha value is -4.41. The molecule has 2 aromatic carbocycles. The summed E-state index contributed by atoms with van der Waals surface area (Å²) in [6.07, 6.45) is 2.08. The number of pyridine rings is 1. The number of hydrazine groups is 1. The van der Waals surface area contributed by atoms with Gasteiger partial charge in [0, 0.05) is 24.8 Å². The van der Waals surface area contributed by atoms with E-state index in [0.717, 1.165) is 42.7 Å². The molecular weight excluding hydrogens is 465 g/mol. The van der Waals surface area contributed by atoms with Gasteiger partial charge in [0.1, 0.15) is 23.0 Å². The van der Waals surface area contributed by atoms with Crippen LogP contribution in [0.15, 0.2) is 54.9 Å². The molecular formula is C24H21F3N4O4. The van der Waals surface area contributed by atoms with Gasteiger partial charge in [-0.15, -0.1) is 0 Å². The fourth-order valence-corrected chi connectivity index (χ4v) is 3.20. The maximum Gasteiger partial charge on any atom is 0.341 e. The molecule has 3 amide bonds. The number of benzene rings is 2. The zero-order valence-corrected chi connectivity index (χ0v) is 18.8. The monoisotopic (exact) mass is 486 g/mol. The molecule has 1 aromatic heterocycles. The van der Waals surface area contributed by atoms with Gasteiger partial charge in [-0.05, 0) is 36.2 Å². The van der Waals surface area contributed by atoms with Crippen molar-refractivity contribution in [3.05, 3.63) is 89.0 Å². The Morgan fingerprint density at radius 2 is 1.80 bits per heavy atom. The second-order valence-corrected chi connectivity index (χ2v) is 7.20. The van der Waals surface area contributed by atoms with Crippen LogP contribution in [0, 0.1) is 17.5 Å². The molecule has 35 heavy (non-hydrogen) atoms. The fourth-order valence-electron chi connectivity index (χ4n) is 3.20. The highest BCUT2D eigenvalue weighted by molar-refractivity contribution is 5.97. The molecule has 11 heteroatoms. The van der Waals surface area contributed by atoms with E-state index in [2.05, 4.69) is 20.5 Å². The van der Waals surface area contributed by atoms with Crippen LogP contribution in [-0.2, 0) is 11.3 Å². The molecule has 0 bridgehead atoms. The molecule has 0 spiro atoms. The minimum atomic E-state index is -0.898. The standard InChI is InChI=1S/C24H21F3N4O4/c1-3-31(30-22(32)16-9-17(25)13-28-11-16)24(34)29-12-15-8-7-14(10-20(15)27)18-5-4-6-19(26)21(18)23(33)35-2/h4-11,13H,3,12H2,1-2H3,(H,29,34)(H,30,32). The molecule has 0 aliphatic rings. The lowest BCUT2D eigenvalue weighted by atomic mass is 9.98. The number of ether oxygens (including phenoxy) is 1. The predicted molar refractivity (Wildman–Crippen MR) is 119 cm³/mol. The van der Waals surface area contributed by atoms with Crippen LogP contribution in [0.4, 0.5) is 18.0 Å². The van der Waals surface area contributed by atoms with Crippen molar-refractivity contribution < 1.29 is 32.3 Å². The molecule has 0 unspecified atom stereocenters. The summed E-state index contributed by atoms with van der Waals surface area (Å²) in [7, 11) is 1.11. The van der Waals surface area contributed by atoms with Crippen LogP contribution in [0.1, 0.15) is 33.2 Å². The number of hydrogen-bond donors (Lipinski definition) is 2. The summed E-state index contributed by atoms with van der Waals surface area (Å²) in [6, 6.07) is 8.14. The van der Waals surface area contributed by atoms with Gasteiger partial charge in [-0.3, -0.25) is 15.2 Å². The molecule has 0 fully saturated rings. The van der Waals surface area contributed by atoms with Crippen molar-refractivity contribution in [2.24, 2.45) is 0 Å². The number of carbonyl (C=O) groups excluding carboxylic acids is 3. The van der Waals surface area contributed by atoms with Gasteiger partial charge >= 0.3 is 12.0 Å². The number of halogens is 3. The van der Waals surface area contributed by atoms with Crippen molar-refractivity contribution in [3.63, 3.8) is 0 Å². The van der Waals surface area contributed by atoms with Gasteiger partial charge in [0.2, 0.25) is 0 Å². The second-order valence-electron chi connectivity index (χ2n) is 7.20. The first-order valence-electron chi connectivity index (χ1n) is 10.4. The first-order valence-corrected chi connectivity index (χ1v) is 10.4. The Balaban J connectivity index is 1.70. The van der Waals surface area contributed by atoms with E-state index in [9.17, 15) is 27.6 Å². The van der Waals surface area contributed by atoms with Gasteiger partial charge < -0.3 is 10.1 Å². The Morgan fingerprint density at radius 1 is 1.03 bits per heavy atom. The third kappa shape index (κ3) is 5.94. The summed E-state index contributed by atoms with van der Waals surface area (Å²) in [5.74, 6) is -3.87. The molecule has 3 rings (SSSR count). The number of urea groups is 1. The molecule has 2 N–H and O–H groups in total. The van der Waals surface area contributed by atoms with E-state index in [1.54, 1.807) is 6.92 Å². The van der Waals surface area contributed by atoms with E-state index >= 15 is 0 Å². The van der Waals surface area contributed by atoms with Crippen LogP contribution in [0.25, 0.3) is 11.1 Å². The van der Waals surface area contributed by atoms with E-state index in [1.807, 2.05) is 0 Å². The lowest BCUT2D eigenvalue weighted by Crippen LogP contribution is -2.50. The Kier molecular flexibility index (Phi) is 8.03. The molecule has 0 aliphatic heterocycles. The fraction of sp³-hybridized carbons (Fsp3) is 0.167. The number of hydrogen-bond acceptors (Lipinski definition) is 5. The Labute approximate surface area is 198 Å². The summed E-state index contributed by atoms with van der Waals surface area (Å²) >= 11 is 0. The van der Waals surface area contributed by atoms with Crippen molar-refractivity contribution in [1.29, 1.82) is 0 Å². The number of methoxy groups -OCH3 is 1. The summed E-state index contributed by atoms with van der Waals surface area (Å²) < 4.78 is 46.8. The highest BCUT2D eigenvalue weighted by atomic mass is 19.1. The molecule has 0 saturated heterocycles. The van der Waals surface area contributed by atoms with Crippen molar-refractivity contribution in [3.8, 4) is 11.1 Å². The number of nitrogens with one attached hydrogen (secondary N) is 2. The Bertz CT molecular complexity index is 1270. The average Bonchev–Trinajstić information content (AvgIpc) is 2.85. The minimum absolute atomic E-state index is 0.0671. The molecule has 1 heterocycles. The topological polar surface area (TPSA) is 101 Å². The van der Waals surface area contributed by atoms with Crippen LogP contribution in [0.3, 0.4) is 0 Å². The van der Waals surface area contributed by atoms with Crippen LogP contribution < -0.4 is 10.7 Å². The summed E-state index contributed by atoms with van der Waals surface area (Å²) in [6.45, 7) is 1.43. The van der Waals surface area contributed by atoms with Crippen LogP contribution in [0.2, 0.25) is 0 Å². The van der Waals surface area contributed by atoms with Crippen molar-refractivity contribution in [1.82, 2.24) is 20.7 Å². The maximum atomic E-state index is 14.8. The molecule has 3 aromatic rings. The lowest BCUT2D eigenvalue weighted by Gasteiger charge is -2.22. The van der Waals surface area contributed by atoms with Crippen LogP contribution in [-0.4, -0.2) is 41.6 Å². The summed E-state index contributed by atoms with van der Waals surface area (Å²) in [5.41, 5.74) is 2.42. The number of esters is 1. The molecule has 182 valence electrons. The van der Waals surface area contributed by atoms with Gasteiger partial charge in [0.25, 0.3) is 5.91 Å². The first-order chi connectivity index (χ1) is 16.7. The molecule has 0 radical (unpaired) electrons. The normalized spacial score (nSPS) is 10.4. The van der Waals surface area contributed by atoms with Crippen LogP contribution >= 0.6 is 0 Å². The Morgan fingerprint density at radius 3 is 2.46 bits per heavy atom. The third-order valence-electron chi connectivity index (χ3n) is 4.96. The number of rotatable bonds is 6. The largest absolute Gasteiger partial charge is 0.465 e. The minimum Gasteiger partial charge on any atom is -0.465 e. The zero-order valence-electron chi connectivity index (χ0n) is 18.8. The second kappa shape index (κ2) is 11.1. The molecule has 0 aliphatic carbocycles. The highest BCUT2D eigenvalue weighted by Gasteiger charge is 2.20. The quantitative estimate of drug-likeness (QED) is 0.408. The van der Waals surface area contributed by atoms with Crippen LogP contribution in [0.5, 0.6) is 0 Å². The van der Waals surface area contributed by atoms with E-state index in [-0.39, 0.29) is 40.9 Å². The van der Waals surface area contributed by atoms with Gasteiger partial charge in [-0.25, -0.2) is 27.8 Å². The predicted octanol–water partition coefficient (Wildman–Crippen LogP) is 3.83. The first kappa shape index (κ1) is 25.2. The smallest absolute Gasteiger partial charge is 0.341 e. The third-order valence-corrected chi connectivity index (χ3v) is 4.96. The van der Waals surface area contributed by atoms with Crippen molar-refractivity contribution in [2.45, 2.75) is 13.5 Å². The SMILES string of the molecule is CCN(NC(=O)c1cncc(F)c1)C(=O)NCc1ccc(-c2cccc(F)c2C(=O)OC)cc1F.